The molecule has 0 aliphatic heterocycles. The molecule has 0 unspecified atom stereocenters. The number of nitrogens with zero attached hydrogens (tertiary/aromatic N) is 1. The summed E-state index contributed by atoms with van der Waals surface area (Å²) in [5.74, 6) is 5.50. The minimum atomic E-state index is -0.513. The molecular formula is C14H17NO3. The van der Waals surface area contributed by atoms with Crippen LogP contribution in [0.3, 0.4) is 0 Å². The van der Waals surface area contributed by atoms with E-state index in [2.05, 4.69) is 21.5 Å². The monoisotopic (exact) mass is 247 g/mol. The molecule has 0 bridgehead atoms. The van der Waals surface area contributed by atoms with Crippen LogP contribution in [0.2, 0.25) is 0 Å². The highest BCUT2D eigenvalue weighted by atomic mass is 16.5. The maximum absolute atomic E-state index is 10.9. The number of benzene rings is 1. The van der Waals surface area contributed by atoms with Gasteiger partial charge in [0.2, 0.25) is 0 Å². The number of ether oxygens (including phenoxy) is 2. The van der Waals surface area contributed by atoms with Crippen LogP contribution in [0.1, 0.15) is 6.92 Å². The normalized spacial score (nSPS) is 9.06. The Morgan fingerprint density at radius 1 is 1.28 bits per heavy atom. The highest BCUT2D eigenvalue weighted by molar-refractivity contribution is 5.88. The summed E-state index contributed by atoms with van der Waals surface area (Å²) in [6.07, 6.45) is 0. The molecule has 4 heteroatoms. The number of rotatable bonds is 4. The van der Waals surface area contributed by atoms with Crippen molar-refractivity contribution in [1.82, 2.24) is 0 Å². The first-order valence-corrected chi connectivity index (χ1v) is 5.67. The molecule has 0 amide bonds. The van der Waals surface area contributed by atoms with Crippen LogP contribution in [0.4, 0.5) is 5.69 Å². The topological polar surface area (TPSA) is 38.8 Å². The first-order valence-electron chi connectivity index (χ1n) is 5.67. The van der Waals surface area contributed by atoms with Gasteiger partial charge in [-0.15, -0.1) is 0 Å². The number of anilines is 1. The molecule has 1 aromatic rings. The van der Waals surface area contributed by atoms with Crippen LogP contribution in [0.15, 0.2) is 24.3 Å². The SMILES string of the molecule is CCN(CC#CC(=O)OC)c1ccc(OC)cc1. The van der Waals surface area contributed by atoms with Gasteiger partial charge in [-0.05, 0) is 31.2 Å². The number of esters is 1. The van der Waals surface area contributed by atoms with E-state index in [4.69, 9.17) is 4.74 Å². The van der Waals surface area contributed by atoms with Gasteiger partial charge in [-0.2, -0.15) is 0 Å². The van der Waals surface area contributed by atoms with Gasteiger partial charge in [0, 0.05) is 18.2 Å². The van der Waals surface area contributed by atoms with Crippen molar-refractivity contribution < 1.29 is 14.3 Å². The van der Waals surface area contributed by atoms with Crippen LogP contribution in [0, 0.1) is 11.8 Å². The van der Waals surface area contributed by atoms with E-state index in [0.29, 0.717) is 6.54 Å². The third-order valence-electron chi connectivity index (χ3n) is 2.47. The van der Waals surface area contributed by atoms with Crippen molar-refractivity contribution in [2.24, 2.45) is 0 Å². The highest BCUT2D eigenvalue weighted by Gasteiger charge is 2.02. The molecule has 0 aliphatic rings. The summed E-state index contributed by atoms with van der Waals surface area (Å²) < 4.78 is 9.56. The molecule has 0 atom stereocenters. The van der Waals surface area contributed by atoms with E-state index in [1.54, 1.807) is 7.11 Å². The molecule has 0 spiro atoms. The molecule has 1 aromatic carbocycles. The lowest BCUT2D eigenvalue weighted by Crippen LogP contribution is -2.22. The van der Waals surface area contributed by atoms with E-state index in [1.807, 2.05) is 31.2 Å². The zero-order valence-electron chi connectivity index (χ0n) is 10.9. The second-order valence-corrected chi connectivity index (χ2v) is 3.51. The predicted molar refractivity (Wildman–Crippen MR) is 70.7 cm³/mol. The fourth-order valence-electron chi connectivity index (χ4n) is 1.44. The summed E-state index contributed by atoms with van der Waals surface area (Å²) >= 11 is 0. The lowest BCUT2D eigenvalue weighted by molar-refractivity contribution is -0.133. The van der Waals surface area contributed by atoms with Crippen LogP contribution >= 0.6 is 0 Å². The largest absolute Gasteiger partial charge is 0.497 e. The summed E-state index contributed by atoms with van der Waals surface area (Å²) in [5, 5.41) is 0. The van der Waals surface area contributed by atoms with Gasteiger partial charge in [0.05, 0.1) is 20.8 Å². The molecule has 0 heterocycles. The Hall–Kier alpha value is -2.15. The summed E-state index contributed by atoms with van der Waals surface area (Å²) in [6.45, 7) is 3.32. The van der Waals surface area contributed by atoms with Gasteiger partial charge in [-0.25, -0.2) is 4.79 Å². The van der Waals surface area contributed by atoms with E-state index in [1.165, 1.54) is 7.11 Å². The van der Waals surface area contributed by atoms with E-state index >= 15 is 0 Å². The first kappa shape index (κ1) is 13.9. The summed E-state index contributed by atoms with van der Waals surface area (Å²) in [7, 11) is 2.95. The number of hydrogen-bond acceptors (Lipinski definition) is 4. The molecule has 0 radical (unpaired) electrons. The van der Waals surface area contributed by atoms with Crippen LogP contribution in [0.5, 0.6) is 5.75 Å². The molecule has 0 saturated heterocycles. The molecule has 4 nitrogen and oxygen atoms in total. The number of carbonyl (C=O) groups is 1. The molecule has 0 aliphatic carbocycles. The van der Waals surface area contributed by atoms with E-state index in [9.17, 15) is 4.79 Å². The number of carbonyl (C=O) groups excluding carboxylic acids is 1. The minimum absolute atomic E-state index is 0.484. The van der Waals surface area contributed by atoms with Crippen LogP contribution in [-0.4, -0.2) is 33.3 Å². The molecule has 0 N–H and O–H groups in total. The molecule has 0 aromatic heterocycles. The van der Waals surface area contributed by atoms with Crippen LogP contribution in [0.25, 0.3) is 0 Å². The third-order valence-corrected chi connectivity index (χ3v) is 2.47. The average Bonchev–Trinajstić information content (AvgIpc) is 2.43. The maximum atomic E-state index is 10.9. The van der Waals surface area contributed by atoms with Crippen molar-refractivity contribution in [2.45, 2.75) is 6.92 Å². The lowest BCUT2D eigenvalue weighted by atomic mass is 10.2. The summed E-state index contributed by atoms with van der Waals surface area (Å²) in [4.78, 5) is 12.9. The average molecular weight is 247 g/mol. The predicted octanol–water partition coefficient (Wildman–Crippen LogP) is 1.70. The van der Waals surface area contributed by atoms with Crippen LogP contribution in [-0.2, 0) is 9.53 Å². The molecule has 0 fully saturated rings. The standard InChI is InChI=1S/C14H17NO3/c1-4-15(11-5-6-14(16)18-3)12-7-9-13(17-2)10-8-12/h7-10H,4,11H2,1-3H3. The fraction of sp³-hybridized carbons (Fsp3) is 0.357. The van der Waals surface area contributed by atoms with Gasteiger partial charge in [-0.3, -0.25) is 0 Å². The second-order valence-electron chi connectivity index (χ2n) is 3.51. The van der Waals surface area contributed by atoms with Crippen molar-refractivity contribution in [3.63, 3.8) is 0 Å². The number of hydrogen-bond donors (Lipinski definition) is 0. The summed E-state index contributed by atoms with van der Waals surface area (Å²) in [5.41, 5.74) is 1.04. The second kappa shape index (κ2) is 7.23. The van der Waals surface area contributed by atoms with Gasteiger partial charge in [0.25, 0.3) is 0 Å². The van der Waals surface area contributed by atoms with Crippen molar-refractivity contribution in [3.05, 3.63) is 24.3 Å². The molecule has 18 heavy (non-hydrogen) atoms. The Balaban J connectivity index is 2.69. The molecular weight excluding hydrogens is 230 g/mol. The van der Waals surface area contributed by atoms with E-state index in [0.717, 1.165) is 18.0 Å². The smallest absolute Gasteiger partial charge is 0.384 e. The Morgan fingerprint density at radius 2 is 1.94 bits per heavy atom. The first-order chi connectivity index (χ1) is 8.71. The third kappa shape index (κ3) is 4.02. The zero-order valence-corrected chi connectivity index (χ0v) is 10.9. The van der Waals surface area contributed by atoms with E-state index < -0.39 is 5.97 Å². The number of methoxy groups -OCH3 is 2. The van der Waals surface area contributed by atoms with Crippen molar-refractivity contribution in [2.75, 3.05) is 32.2 Å². The molecule has 1 rings (SSSR count). The van der Waals surface area contributed by atoms with Gasteiger partial charge in [0.15, 0.2) is 0 Å². The fourth-order valence-corrected chi connectivity index (χ4v) is 1.44. The highest BCUT2D eigenvalue weighted by Crippen LogP contribution is 2.18. The quantitative estimate of drug-likeness (QED) is 0.461. The van der Waals surface area contributed by atoms with Crippen LogP contribution < -0.4 is 9.64 Å². The summed E-state index contributed by atoms with van der Waals surface area (Å²) in [6, 6.07) is 7.71. The van der Waals surface area contributed by atoms with Gasteiger partial charge >= 0.3 is 5.97 Å². The van der Waals surface area contributed by atoms with Gasteiger partial charge < -0.3 is 14.4 Å². The lowest BCUT2D eigenvalue weighted by Gasteiger charge is -2.20. The molecule has 0 saturated carbocycles. The Labute approximate surface area is 107 Å². The minimum Gasteiger partial charge on any atom is -0.497 e. The van der Waals surface area contributed by atoms with Crippen molar-refractivity contribution in [1.29, 1.82) is 0 Å². The molecule has 96 valence electrons. The van der Waals surface area contributed by atoms with Gasteiger partial charge in [0.1, 0.15) is 5.75 Å². The van der Waals surface area contributed by atoms with E-state index in [-0.39, 0.29) is 0 Å². The maximum Gasteiger partial charge on any atom is 0.384 e. The van der Waals surface area contributed by atoms with Gasteiger partial charge in [-0.1, -0.05) is 5.92 Å². The Kier molecular flexibility index (Phi) is 5.59. The Bertz CT molecular complexity index is 442. The Morgan fingerprint density at radius 3 is 2.44 bits per heavy atom. The zero-order chi connectivity index (χ0) is 13.4. The van der Waals surface area contributed by atoms with Crippen molar-refractivity contribution in [3.8, 4) is 17.6 Å². The van der Waals surface area contributed by atoms with Crippen molar-refractivity contribution >= 4 is 11.7 Å².